The Hall–Kier alpha value is -1.01. The summed E-state index contributed by atoms with van der Waals surface area (Å²) in [5.41, 5.74) is 0. The number of nitrogens with one attached hydrogen (secondary N) is 1. The van der Waals surface area contributed by atoms with Crippen LogP contribution in [0.4, 0.5) is 8.78 Å². The molecular weight excluding hydrogens is 218 g/mol. The molecular formula is C10H16F2N2O2. The molecule has 4 nitrogen and oxygen atoms in total. The molecule has 0 aliphatic rings. The van der Waals surface area contributed by atoms with Crippen molar-refractivity contribution in [2.45, 2.75) is 26.3 Å². The molecule has 0 aromatic carbocycles. The van der Waals surface area contributed by atoms with E-state index in [4.69, 9.17) is 9.15 Å². The summed E-state index contributed by atoms with van der Waals surface area (Å²) in [5, 5.41) is 3.07. The summed E-state index contributed by atoms with van der Waals surface area (Å²) in [6.45, 7) is 3.10. The molecule has 92 valence electrons. The standard InChI is InChI=1S/C10H16F2N2O2/c1-2-13-6-10-14-5-8(16-10)3-4-15-7-9(11)12/h5,9,13H,2-4,6-7H2,1H3. The molecule has 0 radical (unpaired) electrons. The van der Waals surface area contributed by atoms with Crippen LogP contribution in [0.5, 0.6) is 0 Å². The van der Waals surface area contributed by atoms with Crippen LogP contribution in [0.15, 0.2) is 10.6 Å². The van der Waals surface area contributed by atoms with Gasteiger partial charge in [0.2, 0.25) is 5.89 Å². The third kappa shape index (κ3) is 5.18. The van der Waals surface area contributed by atoms with Gasteiger partial charge in [0.1, 0.15) is 12.4 Å². The van der Waals surface area contributed by atoms with Crippen LogP contribution in [-0.4, -0.2) is 31.2 Å². The number of nitrogens with zero attached hydrogens (tertiary/aromatic N) is 1. The first-order chi connectivity index (χ1) is 7.72. The zero-order valence-electron chi connectivity index (χ0n) is 9.21. The van der Waals surface area contributed by atoms with Crippen molar-refractivity contribution in [2.75, 3.05) is 19.8 Å². The third-order valence-corrected chi connectivity index (χ3v) is 1.86. The Bertz CT molecular complexity index is 292. The van der Waals surface area contributed by atoms with Gasteiger partial charge in [-0.25, -0.2) is 13.8 Å². The van der Waals surface area contributed by atoms with E-state index < -0.39 is 13.0 Å². The minimum Gasteiger partial charge on any atom is -0.444 e. The van der Waals surface area contributed by atoms with Crippen molar-refractivity contribution in [3.8, 4) is 0 Å². The summed E-state index contributed by atoms with van der Waals surface area (Å²) in [4.78, 5) is 4.03. The smallest absolute Gasteiger partial charge is 0.261 e. The van der Waals surface area contributed by atoms with Gasteiger partial charge in [-0.15, -0.1) is 0 Å². The van der Waals surface area contributed by atoms with Crippen molar-refractivity contribution in [3.05, 3.63) is 17.8 Å². The summed E-state index contributed by atoms with van der Waals surface area (Å²) in [7, 11) is 0. The van der Waals surface area contributed by atoms with E-state index >= 15 is 0 Å². The van der Waals surface area contributed by atoms with Crippen LogP contribution in [0.3, 0.4) is 0 Å². The van der Waals surface area contributed by atoms with E-state index in [1.807, 2.05) is 6.92 Å². The molecule has 0 unspecified atom stereocenters. The highest BCUT2D eigenvalue weighted by Gasteiger charge is 2.05. The summed E-state index contributed by atoms with van der Waals surface area (Å²) in [6.07, 6.45) is -0.358. The first-order valence-electron chi connectivity index (χ1n) is 5.22. The molecule has 0 fully saturated rings. The molecule has 1 aromatic heterocycles. The normalized spacial score (nSPS) is 11.2. The van der Waals surface area contributed by atoms with E-state index in [1.165, 1.54) is 0 Å². The zero-order valence-corrected chi connectivity index (χ0v) is 9.21. The van der Waals surface area contributed by atoms with Crippen LogP contribution in [0, 0.1) is 0 Å². The van der Waals surface area contributed by atoms with Crippen molar-refractivity contribution >= 4 is 0 Å². The Balaban J connectivity index is 2.19. The van der Waals surface area contributed by atoms with Gasteiger partial charge < -0.3 is 14.5 Å². The van der Waals surface area contributed by atoms with Gasteiger partial charge in [0.05, 0.1) is 19.3 Å². The quantitative estimate of drug-likeness (QED) is 0.694. The van der Waals surface area contributed by atoms with Gasteiger partial charge in [-0.3, -0.25) is 0 Å². The van der Waals surface area contributed by atoms with E-state index in [2.05, 4.69) is 10.3 Å². The van der Waals surface area contributed by atoms with Gasteiger partial charge in [-0.2, -0.15) is 0 Å². The fourth-order valence-corrected chi connectivity index (χ4v) is 1.12. The van der Waals surface area contributed by atoms with Crippen LogP contribution in [-0.2, 0) is 17.7 Å². The Morgan fingerprint density at radius 2 is 2.38 bits per heavy atom. The fourth-order valence-electron chi connectivity index (χ4n) is 1.12. The van der Waals surface area contributed by atoms with E-state index in [1.54, 1.807) is 6.20 Å². The number of oxazole rings is 1. The van der Waals surface area contributed by atoms with Crippen molar-refractivity contribution < 1.29 is 17.9 Å². The van der Waals surface area contributed by atoms with Gasteiger partial charge >= 0.3 is 0 Å². The lowest BCUT2D eigenvalue weighted by atomic mass is 10.4. The molecule has 1 rings (SSSR count). The lowest BCUT2D eigenvalue weighted by molar-refractivity contribution is 0.0176. The second kappa shape index (κ2) is 7.29. The minimum absolute atomic E-state index is 0.222. The van der Waals surface area contributed by atoms with Gasteiger partial charge in [0.15, 0.2) is 0 Å². The van der Waals surface area contributed by atoms with Crippen molar-refractivity contribution in [1.29, 1.82) is 0 Å². The molecule has 0 aliphatic carbocycles. The van der Waals surface area contributed by atoms with Crippen molar-refractivity contribution in [3.63, 3.8) is 0 Å². The number of hydrogen-bond donors (Lipinski definition) is 1. The summed E-state index contributed by atoms with van der Waals surface area (Å²) < 4.78 is 33.6. The number of hydrogen-bond acceptors (Lipinski definition) is 4. The van der Waals surface area contributed by atoms with Crippen molar-refractivity contribution in [1.82, 2.24) is 10.3 Å². The zero-order chi connectivity index (χ0) is 11.8. The molecule has 16 heavy (non-hydrogen) atoms. The second-order valence-electron chi connectivity index (χ2n) is 3.22. The molecule has 1 N–H and O–H groups in total. The van der Waals surface area contributed by atoms with E-state index in [-0.39, 0.29) is 6.61 Å². The first-order valence-corrected chi connectivity index (χ1v) is 5.22. The molecule has 0 spiro atoms. The predicted octanol–water partition coefficient (Wildman–Crippen LogP) is 1.61. The predicted molar refractivity (Wildman–Crippen MR) is 54.4 cm³/mol. The van der Waals surface area contributed by atoms with Crippen LogP contribution in [0.2, 0.25) is 0 Å². The summed E-state index contributed by atoms with van der Waals surface area (Å²) >= 11 is 0. The Morgan fingerprint density at radius 3 is 3.06 bits per heavy atom. The Kier molecular flexibility index (Phi) is 5.95. The SMILES string of the molecule is CCNCc1ncc(CCOCC(F)F)o1. The van der Waals surface area contributed by atoms with E-state index in [9.17, 15) is 8.78 Å². The number of alkyl halides is 2. The van der Waals surface area contributed by atoms with Crippen molar-refractivity contribution in [2.24, 2.45) is 0 Å². The lowest BCUT2D eigenvalue weighted by Gasteiger charge is -2.00. The fraction of sp³-hybridized carbons (Fsp3) is 0.700. The van der Waals surface area contributed by atoms with Crippen LogP contribution < -0.4 is 5.32 Å². The lowest BCUT2D eigenvalue weighted by Crippen LogP contribution is -2.11. The van der Waals surface area contributed by atoms with E-state index in [0.29, 0.717) is 24.6 Å². The second-order valence-corrected chi connectivity index (χ2v) is 3.22. The highest BCUT2D eigenvalue weighted by molar-refractivity contribution is 4.94. The average Bonchev–Trinajstić information content (AvgIpc) is 2.69. The van der Waals surface area contributed by atoms with Crippen LogP contribution >= 0.6 is 0 Å². The maximum atomic E-state index is 11.7. The monoisotopic (exact) mass is 234 g/mol. The third-order valence-electron chi connectivity index (χ3n) is 1.86. The summed E-state index contributed by atoms with van der Waals surface area (Å²) in [6, 6.07) is 0. The molecule has 1 heterocycles. The number of ether oxygens (including phenoxy) is 1. The number of rotatable bonds is 8. The Morgan fingerprint density at radius 1 is 1.56 bits per heavy atom. The van der Waals surface area contributed by atoms with Crippen LogP contribution in [0.1, 0.15) is 18.6 Å². The maximum Gasteiger partial charge on any atom is 0.261 e. The van der Waals surface area contributed by atoms with Gasteiger partial charge in [0.25, 0.3) is 6.43 Å². The molecule has 0 aliphatic heterocycles. The Labute approximate surface area is 93.0 Å². The number of halogens is 2. The first kappa shape index (κ1) is 13.1. The topological polar surface area (TPSA) is 47.3 Å². The van der Waals surface area contributed by atoms with Crippen LogP contribution in [0.25, 0.3) is 0 Å². The highest BCUT2D eigenvalue weighted by Crippen LogP contribution is 2.04. The van der Waals surface area contributed by atoms with Gasteiger partial charge in [-0.1, -0.05) is 6.92 Å². The highest BCUT2D eigenvalue weighted by atomic mass is 19.3. The molecule has 0 amide bonds. The van der Waals surface area contributed by atoms with Gasteiger partial charge in [0, 0.05) is 6.42 Å². The largest absolute Gasteiger partial charge is 0.444 e. The molecule has 0 atom stereocenters. The maximum absolute atomic E-state index is 11.7. The van der Waals surface area contributed by atoms with E-state index in [0.717, 1.165) is 6.54 Å². The molecule has 1 aromatic rings. The summed E-state index contributed by atoms with van der Waals surface area (Å²) in [5.74, 6) is 1.26. The molecule has 0 bridgehead atoms. The molecule has 0 saturated carbocycles. The molecule has 6 heteroatoms. The average molecular weight is 234 g/mol. The minimum atomic E-state index is -2.42. The number of aromatic nitrogens is 1. The van der Waals surface area contributed by atoms with Gasteiger partial charge in [-0.05, 0) is 6.54 Å². The molecule has 0 saturated heterocycles.